The summed E-state index contributed by atoms with van der Waals surface area (Å²) in [6.45, 7) is 3.79. The molecule has 0 atom stereocenters. The highest BCUT2D eigenvalue weighted by Gasteiger charge is 2.11. The molecule has 0 aliphatic carbocycles. The Labute approximate surface area is 97.9 Å². The van der Waals surface area contributed by atoms with Crippen molar-refractivity contribution in [3.05, 3.63) is 23.6 Å². The number of nitrogens with zero attached hydrogens (tertiary/aromatic N) is 2. The monoisotopic (exact) mass is 238 g/mol. The Morgan fingerprint density at radius 2 is 2.06 bits per heavy atom. The lowest BCUT2D eigenvalue weighted by molar-refractivity contribution is 0.244. The van der Waals surface area contributed by atoms with Crippen molar-refractivity contribution in [3.8, 4) is 11.5 Å². The highest BCUT2D eigenvalue weighted by atomic mass is 35.5. The number of hydrogen-bond acceptors (Lipinski definition) is 4. The summed E-state index contributed by atoms with van der Waals surface area (Å²) in [5.74, 6) is 0.591. The van der Waals surface area contributed by atoms with Crippen molar-refractivity contribution < 1.29 is 9.84 Å². The van der Waals surface area contributed by atoms with Crippen LogP contribution in [0.4, 0.5) is 0 Å². The summed E-state index contributed by atoms with van der Waals surface area (Å²) in [4.78, 5) is 7.93. The Kier molecular flexibility index (Phi) is 2.83. The fourth-order valence-electron chi connectivity index (χ4n) is 1.45. The Hall–Kier alpha value is -1.55. The van der Waals surface area contributed by atoms with Gasteiger partial charge in [-0.05, 0) is 13.8 Å². The summed E-state index contributed by atoms with van der Waals surface area (Å²) >= 11 is 5.99. The summed E-state index contributed by atoms with van der Waals surface area (Å²) in [5.41, 5.74) is 0.565. The number of aromatic nitrogens is 2. The molecule has 1 aromatic heterocycles. The fourth-order valence-corrected chi connectivity index (χ4v) is 1.68. The van der Waals surface area contributed by atoms with Gasteiger partial charge in [0.25, 0.3) is 0 Å². The number of benzene rings is 1. The first-order chi connectivity index (χ1) is 7.58. The van der Waals surface area contributed by atoms with E-state index in [0.29, 0.717) is 21.8 Å². The SMILES string of the molecule is CC(C)Oc1cc(O)cc2ncnc(Cl)c12. The van der Waals surface area contributed by atoms with E-state index in [1.54, 1.807) is 0 Å². The molecule has 4 nitrogen and oxygen atoms in total. The molecule has 0 bridgehead atoms. The molecule has 0 saturated heterocycles. The van der Waals surface area contributed by atoms with Crippen LogP contribution in [0.5, 0.6) is 11.5 Å². The molecule has 1 heterocycles. The third-order valence-corrected chi connectivity index (χ3v) is 2.29. The summed E-state index contributed by atoms with van der Waals surface area (Å²) in [6, 6.07) is 3.04. The first-order valence-corrected chi connectivity index (χ1v) is 5.25. The zero-order valence-electron chi connectivity index (χ0n) is 8.94. The van der Waals surface area contributed by atoms with Crippen molar-refractivity contribution in [1.82, 2.24) is 9.97 Å². The predicted molar refractivity (Wildman–Crippen MR) is 62.0 cm³/mol. The lowest BCUT2D eigenvalue weighted by Crippen LogP contribution is -2.06. The Morgan fingerprint density at radius 1 is 1.31 bits per heavy atom. The average molecular weight is 239 g/mol. The quantitative estimate of drug-likeness (QED) is 0.818. The third kappa shape index (κ3) is 2.02. The molecule has 84 valence electrons. The van der Waals surface area contributed by atoms with Crippen LogP contribution in [0.25, 0.3) is 10.9 Å². The molecule has 0 aliphatic heterocycles. The zero-order valence-corrected chi connectivity index (χ0v) is 9.69. The van der Waals surface area contributed by atoms with Gasteiger partial charge >= 0.3 is 0 Å². The minimum absolute atomic E-state index is 0.0127. The zero-order chi connectivity index (χ0) is 11.7. The number of phenolic OH excluding ortho intramolecular Hbond substituents is 1. The van der Waals surface area contributed by atoms with Crippen LogP contribution in [0.3, 0.4) is 0 Å². The smallest absolute Gasteiger partial charge is 0.144 e. The topological polar surface area (TPSA) is 55.2 Å². The van der Waals surface area contributed by atoms with Crippen molar-refractivity contribution >= 4 is 22.5 Å². The molecule has 0 radical (unpaired) electrons. The number of fused-ring (bicyclic) bond motifs is 1. The van der Waals surface area contributed by atoms with Crippen molar-refractivity contribution in [3.63, 3.8) is 0 Å². The molecule has 0 unspecified atom stereocenters. The van der Waals surface area contributed by atoms with Gasteiger partial charge in [0.15, 0.2) is 0 Å². The van der Waals surface area contributed by atoms with Crippen LogP contribution in [-0.4, -0.2) is 21.2 Å². The number of aromatic hydroxyl groups is 1. The molecule has 0 spiro atoms. The van der Waals surface area contributed by atoms with E-state index in [0.717, 1.165) is 0 Å². The van der Waals surface area contributed by atoms with E-state index in [1.807, 2.05) is 13.8 Å². The van der Waals surface area contributed by atoms with Crippen LogP contribution in [0.15, 0.2) is 18.5 Å². The summed E-state index contributed by atoms with van der Waals surface area (Å²) in [6.07, 6.45) is 1.34. The van der Waals surface area contributed by atoms with E-state index < -0.39 is 0 Å². The number of halogens is 1. The standard InChI is InChI=1S/C11H11ClN2O2/c1-6(2)16-9-4-7(15)3-8-10(9)11(12)14-5-13-8/h3-6,15H,1-2H3. The van der Waals surface area contributed by atoms with Gasteiger partial charge in [0.05, 0.1) is 17.0 Å². The summed E-state index contributed by atoms with van der Waals surface area (Å²) in [5, 5.41) is 10.5. The van der Waals surface area contributed by atoms with Crippen molar-refractivity contribution in [2.24, 2.45) is 0 Å². The summed E-state index contributed by atoms with van der Waals surface area (Å²) in [7, 11) is 0. The van der Waals surface area contributed by atoms with Gasteiger partial charge in [0.2, 0.25) is 0 Å². The third-order valence-electron chi connectivity index (χ3n) is 2.00. The maximum Gasteiger partial charge on any atom is 0.144 e. The molecule has 2 rings (SSSR count). The molecular formula is C11H11ClN2O2. The lowest BCUT2D eigenvalue weighted by Gasteiger charge is -2.12. The van der Waals surface area contributed by atoms with Gasteiger partial charge in [-0.15, -0.1) is 0 Å². The minimum atomic E-state index is -0.0127. The van der Waals surface area contributed by atoms with Crippen molar-refractivity contribution in [2.45, 2.75) is 20.0 Å². The number of rotatable bonds is 2. The van der Waals surface area contributed by atoms with E-state index in [4.69, 9.17) is 16.3 Å². The van der Waals surface area contributed by atoms with E-state index in [-0.39, 0.29) is 11.9 Å². The molecule has 0 aliphatic rings. The predicted octanol–water partition coefficient (Wildman–Crippen LogP) is 2.78. The van der Waals surface area contributed by atoms with Crippen molar-refractivity contribution in [2.75, 3.05) is 0 Å². The minimum Gasteiger partial charge on any atom is -0.508 e. The second kappa shape index (κ2) is 4.14. The Morgan fingerprint density at radius 3 is 2.75 bits per heavy atom. The van der Waals surface area contributed by atoms with E-state index in [1.165, 1.54) is 18.5 Å². The normalized spacial score (nSPS) is 11.0. The second-order valence-electron chi connectivity index (χ2n) is 3.67. The highest BCUT2D eigenvalue weighted by molar-refractivity contribution is 6.34. The van der Waals surface area contributed by atoms with Crippen LogP contribution >= 0.6 is 11.6 Å². The molecule has 2 aromatic rings. The largest absolute Gasteiger partial charge is 0.508 e. The number of ether oxygens (including phenoxy) is 1. The maximum absolute atomic E-state index is 9.53. The molecule has 5 heteroatoms. The molecule has 0 saturated carbocycles. The highest BCUT2D eigenvalue weighted by Crippen LogP contribution is 2.33. The number of phenols is 1. The van der Waals surface area contributed by atoms with Gasteiger partial charge in [-0.25, -0.2) is 9.97 Å². The molecule has 1 aromatic carbocycles. The van der Waals surface area contributed by atoms with Gasteiger partial charge in [-0.2, -0.15) is 0 Å². The molecule has 16 heavy (non-hydrogen) atoms. The molecule has 0 amide bonds. The van der Waals surface area contributed by atoms with Crippen LogP contribution in [0, 0.1) is 0 Å². The van der Waals surface area contributed by atoms with Crippen LogP contribution in [0.1, 0.15) is 13.8 Å². The lowest BCUT2D eigenvalue weighted by atomic mass is 10.2. The van der Waals surface area contributed by atoms with Crippen molar-refractivity contribution in [1.29, 1.82) is 0 Å². The van der Waals surface area contributed by atoms with E-state index >= 15 is 0 Å². The molecular weight excluding hydrogens is 228 g/mol. The van der Waals surface area contributed by atoms with E-state index in [9.17, 15) is 5.11 Å². The Bertz CT molecular complexity index is 529. The second-order valence-corrected chi connectivity index (χ2v) is 4.03. The fraction of sp³-hybridized carbons (Fsp3) is 0.273. The number of hydrogen-bond donors (Lipinski definition) is 1. The first-order valence-electron chi connectivity index (χ1n) is 4.88. The first kappa shape index (κ1) is 11.0. The van der Waals surface area contributed by atoms with Gasteiger partial charge in [-0.3, -0.25) is 0 Å². The van der Waals surface area contributed by atoms with Crippen LogP contribution in [-0.2, 0) is 0 Å². The molecule has 0 fully saturated rings. The van der Waals surface area contributed by atoms with Gasteiger partial charge in [0.1, 0.15) is 23.0 Å². The van der Waals surface area contributed by atoms with Crippen LogP contribution < -0.4 is 4.74 Å². The average Bonchev–Trinajstić information content (AvgIpc) is 2.15. The van der Waals surface area contributed by atoms with E-state index in [2.05, 4.69) is 9.97 Å². The maximum atomic E-state index is 9.53. The molecule has 1 N–H and O–H groups in total. The van der Waals surface area contributed by atoms with Gasteiger partial charge in [-0.1, -0.05) is 11.6 Å². The van der Waals surface area contributed by atoms with Gasteiger partial charge in [0, 0.05) is 12.1 Å². The summed E-state index contributed by atoms with van der Waals surface area (Å²) < 4.78 is 5.56. The van der Waals surface area contributed by atoms with Crippen LogP contribution in [0.2, 0.25) is 5.15 Å². The Balaban J connectivity index is 2.70. The van der Waals surface area contributed by atoms with Gasteiger partial charge < -0.3 is 9.84 Å².